The van der Waals surface area contributed by atoms with Crippen LogP contribution in [0.1, 0.15) is 41.9 Å². The van der Waals surface area contributed by atoms with Crippen LogP contribution in [-0.4, -0.2) is 23.3 Å². The number of fused-ring (bicyclic) bond motifs is 1. The van der Waals surface area contributed by atoms with Gasteiger partial charge < -0.3 is 9.32 Å². The summed E-state index contributed by atoms with van der Waals surface area (Å²) in [4.78, 5) is 14.6. The molecule has 3 aliphatic rings. The number of likely N-dealkylation sites (tertiary alicyclic amines) is 1. The lowest BCUT2D eigenvalue weighted by Crippen LogP contribution is -2.33. The summed E-state index contributed by atoms with van der Waals surface area (Å²) in [6.07, 6.45) is 4.74. The largest absolute Gasteiger partial charge is 0.460 e. The van der Waals surface area contributed by atoms with Crippen molar-refractivity contribution in [3.63, 3.8) is 0 Å². The van der Waals surface area contributed by atoms with Gasteiger partial charge in [-0.1, -0.05) is 0 Å². The smallest absolute Gasteiger partial charge is 0.223 e. The summed E-state index contributed by atoms with van der Waals surface area (Å²) in [7, 11) is 0. The quantitative estimate of drug-likeness (QED) is 0.760. The molecule has 1 aromatic rings. The minimum absolute atomic E-state index is 0.0388. The Morgan fingerprint density at radius 1 is 1.50 bits per heavy atom. The van der Waals surface area contributed by atoms with Gasteiger partial charge in [-0.3, -0.25) is 4.79 Å². The Balaban J connectivity index is 1.94. The van der Waals surface area contributed by atoms with Crippen molar-refractivity contribution in [2.24, 2.45) is 5.92 Å². The summed E-state index contributed by atoms with van der Waals surface area (Å²) in [5.74, 6) is 1.30. The van der Waals surface area contributed by atoms with Crippen molar-refractivity contribution in [1.29, 1.82) is 0 Å². The highest BCUT2D eigenvalue weighted by atomic mass is 16.3. The van der Waals surface area contributed by atoms with Crippen LogP contribution in [0.4, 0.5) is 0 Å². The van der Waals surface area contributed by atoms with E-state index in [0.717, 1.165) is 12.1 Å². The Morgan fingerprint density at radius 2 is 2.28 bits per heavy atom. The van der Waals surface area contributed by atoms with Crippen LogP contribution < -0.4 is 0 Å². The van der Waals surface area contributed by atoms with E-state index in [-0.39, 0.29) is 11.2 Å². The van der Waals surface area contributed by atoms with Crippen LogP contribution >= 0.6 is 0 Å². The van der Waals surface area contributed by atoms with Gasteiger partial charge in [0.1, 0.15) is 0 Å². The highest BCUT2D eigenvalue weighted by molar-refractivity contribution is 6.07. The predicted octanol–water partition coefficient (Wildman–Crippen LogP) is 2.65. The number of carbonyl (C=O) groups is 1. The summed E-state index contributed by atoms with van der Waals surface area (Å²) in [5, 5.41) is 0. The van der Waals surface area contributed by atoms with E-state index < -0.39 is 0 Å². The van der Waals surface area contributed by atoms with Gasteiger partial charge in [-0.25, -0.2) is 0 Å². The monoisotopic (exact) mass is 243 g/mol. The van der Waals surface area contributed by atoms with Crippen molar-refractivity contribution in [2.75, 3.05) is 6.54 Å². The van der Waals surface area contributed by atoms with E-state index in [1.165, 1.54) is 17.7 Å². The zero-order valence-electron chi connectivity index (χ0n) is 11.0. The Morgan fingerprint density at radius 3 is 3.00 bits per heavy atom. The lowest BCUT2D eigenvalue weighted by Gasteiger charge is -2.32. The number of rotatable bonds is 1. The van der Waals surface area contributed by atoms with Crippen molar-refractivity contribution in [3.05, 3.63) is 34.9 Å². The van der Waals surface area contributed by atoms with Gasteiger partial charge in [-0.2, -0.15) is 0 Å². The number of aryl methyl sites for hydroxylation is 1. The average molecular weight is 243 g/mol. The molecular weight excluding hydrogens is 226 g/mol. The normalized spacial score (nSPS) is 32.2. The maximum Gasteiger partial charge on any atom is 0.223 e. The van der Waals surface area contributed by atoms with Crippen molar-refractivity contribution < 1.29 is 9.21 Å². The molecule has 2 atom stereocenters. The Hall–Kier alpha value is -1.51. The lowest BCUT2D eigenvalue weighted by atomic mass is 9.83. The molecule has 4 rings (SSSR count). The van der Waals surface area contributed by atoms with Gasteiger partial charge in [-0.15, -0.1) is 0 Å². The summed E-state index contributed by atoms with van der Waals surface area (Å²) >= 11 is 0. The summed E-state index contributed by atoms with van der Waals surface area (Å²) in [6, 6.07) is 0.461. The molecule has 0 aromatic carbocycles. The van der Waals surface area contributed by atoms with Crippen molar-refractivity contribution in [3.8, 4) is 0 Å². The lowest BCUT2D eigenvalue weighted by molar-refractivity contribution is 0.101. The molecule has 3 heteroatoms. The number of carbonyl (C=O) groups excluding carboxylic acids is 1. The second kappa shape index (κ2) is 2.90. The summed E-state index contributed by atoms with van der Waals surface area (Å²) in [6.45, 7) is 7.53. The van der Waals surface area contributed by atoms with E-state index in [4.69, 9.17) is 4.42 Å². The first-order chi connectivity index (χ1) is 8.55. The van der Waals surface area contributed by atoms with Gasteiger partial charge in [0.05, 0.1) is 6.26 Å². The first kappa shape index (κ1) is 10.4. The first-order valence-corrected chi connectivity index (χ1v) is 6.67. The molecule has 2 fully saturated rings. The maximum absolute atomic E-state index is 12.2. The van der Waals surface area contributed by atoms with E-state index in [0.29, 0.717) is 17.7 Å². The number of allylic oxidation sites excluding steroid dienone is 2. The number of hydrogen-bond acceptors (Lipinski definition) is 3. The van der Waals surface area contributed by atoms with Gasteiger partial charge in [-0.05, 0) is 38.7 Å². The molecule has 0 radical (unpaired) electrons. The fourth-order valence-corrected chi connectivity index (χ4v) is 3.96. The van der Waals surface area contributed by atoms with Gasteiger partial charge in [0.2, 0.25) is 5.78 Å². The van der Waals surface area contributed by atoms with Crippen LogP contribution in [0.15, 0.2) is 22.5 Å². The van der Waals surface area contributed by atoms with E-state index in [1.54, 1.807) is 6.26 Å². The van der Waals surface area contributed by atoms with Gasteiger partial charge >= 0.3 is 0 Å². The number of hydrogen-bond donors (Lipinski definition) is 0. The standard InChI is InChI=1S/C15H17NO2/c1-8(2)16-6-10-5-15(10)12(16)4-11(17)14-13(15)9(3)7-18-14/h4,7-8,10H,5-6H2,1-3H3. The molecule has 18 heavy (non-hydrogen) atoms. The van der Waals surface area contributed by atoms with E-state index in [9.17, 15) is 4.79 Å². The predicted molar refractivity (Wildman–Crippen MR) is 67.5 cm³/mol. The third-order valence-corrected chi connectivity index (χ3v) is 4.82. The van der Waals surface area contributed by atoms with Crippen LogP contribution in [0.5, 0.6) is 0 Å². The number of nitrogens with zero attached hydrogens (tertiary/aromatic N) is 1. The number of furan rings is 1. The molecule has 0 amide bonds. The fourth-order valence-electron chi connectivity index (χ4n) is 3.96. The molecule has 1 aromatic heterocycles. The highest BCUT2D eigenvalue weighted by Crippen LogP contribution is 2.67. The van der Waals surface area contributed by atoms with Gasteiger partial charge in [0, 0.05) is 35.3 Å². The molecule has 1 saturated heterocycles. The summed E-state index contributed by atoms with van der Waals surface area (Å²) < 4.78 is 5.48. The Bertz CT molecular complexity index is 596. The van der Waals surface area contributed by atoms with E-state index in [2.05, 4.69) is 25.7 Å². The molecule has 0 bridgehead atoms. The van der Waals surface area contributed by atoms with Crippen LogP contribution in [0.2, 0.25) is 0 Å². The van der Waals surface area contributed by atoms with Crippen molar-refractivity contribution >= 4 is 5.78 Å². The van der Waals surface area contributed by atoms with Crippen molar-refractivity contribution in [1.82, 2.24) is 4.90 Å². The third-order valence-electron chi connectivity index (χ3n) is 4.82. The van der Waals surface area contributed by atoms with Crippen LogP contribution in [0.25, 0.3) is 0 Å². The third kappa shape index (κ3) is 0.957. The zero-order valence-corrected chi connectivity index (χ0v) is 11.0. The van der Waals surface area contributed by atoms with Gasteiger partial charge in [0.15, 0.2) is 5.76 Å². The molecule has 94 valence electrons. The van der Waals surface area contributed by atoms with Crippen LogP contribution in [-0.2, 0) is 5.41 Å². The fraction of sp³-hybridized carbons (Fsp3) is 0.533. The topological polar surface area (TPSA) is 33.5 Å². The minimum atomic E-state index is 0.0388. The molecule has 1 aliphatic heterocycles. The molecule has 2 aliphatic carbocycles. The maximum atomic E-state index is 12.2. The molecule has 2 unspecified atom stereocenters. The summed E-state index contributed by atoms with van der Waals surface area (Å²) in [5.41, 5.74) is 3.67. The van der Waals surface area contributed by atoms with Gasteiger partial charge in [0.25, 0.3) is 0 Å². The van der Waals surface area contributed by atoms with E-state index >= 15 is 0 Å². The zero-order chi connectivity index (χ0) is 12.7. The molecule has 0 N–H and O–H groups in total. The highest BCUT2D eigenvalue weighted by Gasteiger charge is 2.67. The van der Waals surface area contributed by atoms with Crippen molar-refractivity contribution in [2.45, 2.75) is 38.6 Å². The van der Waals surface area contributed by atoms with Crippen LogP contribution in [0, 0.1) is 12.8 Å². The van der Waals surface area contributed by atoms with E-state index in [1.807, 2.05) is 6.08 Å². The Kier molecular flexibility index (Phi) is 1.68. The average Bonchev–Trinajstić information content (AvgIpc) is 2.70. The van der Waals surface area contributed by atoms with Crippen LogP contribution in [0.3, 0.4) is 0 Å². The molecule has 1 saturated carbocycles. The molecular formula is C15H17NO2. The molecule has 1 spiro atoms. The minimum Gasteiger partial charge on any atom is -0.460 e. The SMILES string of the molecule is Cc1coc2c1C13CC1CN(C(C)C)C3=CC2=O. The second-order valence-corrected chi connectivity index (χ2v) is 6.14. The first-order valence-electron chi connectivity index (χ1n) is 6.67. The number of piperidine rings is 1. The molecule has 3 nitrogen and oxygen atoms in total. The second-order valence-electron chi connectivity index (χ2n) is 6.14. The number of ketones is 1. The molecule has 2 heterocycles. The Labute approximate surface area is 106 Å².